The van der Waals surface area contributed by atoms with Crippen molar-refractivity contribution in [1.82, 2.24) is 4.98 Å². The first kappa shape index (κ1) is 30.8. The van der Waals surface area contributed by atoms with Crippen LogP contribution in [0, 0.1) is 27.7 Å². The van der Waals surface area contributed by atoms with E-state index in [0.29, 0.717) is 0 Å². The summed E-state index contributed by atoms with van der Waals surface area (Å²) in [4.78, 5) is 5.33. The topological polar surface area (TPSA) is 26.0 Å². The third kappa shape index (κ3) is 5.32. The van der Waals surface area contributed by atoms with Crippen LogP contribution in [-0.2, 0) is 0 Å². The Morgan fingerprint density at radius 3 is 1.49 bits per heavy atom. The summed E-state index contributed by atoms with van der Waals surface area (Å²) in [6.45, 7) is 8.77. The van der Waals surface area contributed by atoms with Gasteiger partial charge in [-0.15, -0.1) is 0 Å². The molecule has 0 aliphatic carbocycles. The van der Waals surface area contributed by atoms with E-state index in [0.717, 1.165) is 66.4 Å². The highest BCUT2D eigenvalue weighted by molar-refractivity contribution is 6.20. The fourth-order valence-electron chi connectivity index (χ4n) is 7.66. The van der Waals surface area contributed by atoms with Crippen molar-refractivity contribution in [2.45, 2.75) is 27.7 Å². The van der Waals surface area contributed by atoms with Gasteiger partial charge in [0.1, 0.15) is 11.3 Å². The molecule has 2 heterocycles. The van der Waals surface area contributed by atoms with E-state index in [-0.39, 0.29) is 0 Å². The van der Waals surface area contributed by atoms with Crippen molar-refractivity contribution < 1.29 is 4.42 Å². The second kappa shape index (κ2) is 12.3. The van der Waals surface area contributed by atoms with E-state index >= 15 is 0 Å². The molecule has 0 saturated carbocycles. The van der Waals surface area contributed by atoms with Crippen LogP contribution >= 0.6 is 0 Å². The molecule has 0 unspecified atom stereocenters. The monoisotopic (exact) mass is 655 g/mol. The SMILES string of the molecule is Cc1ccccc1-c1cc(-c2cc(-c3ccc(C)c(-c4ccccc4C)c3)cc(-c3nc4ccccc4c4c3oc3ccccc34)c2)ccc1C. The minimum atomic E-state index is 0.812. The molecule has 0 N–H and O–H groups in total. The van der Waals surface area contributed by atoms with Gasteiger partial charge in [0.15, 0.2) is 5.58 Å². The largest absolute Gasteiger partial charge is 0.454 e. The molecule has 244 valence electrons. The average Bonchev–Trinajstić information content (AvgIpc) is 3.55. The predicted molar refractivity (Wildman–Crippen MR) is 215 cm³/mol. The van der Waals surface area contributed by atoms with Crippen molar-refractivity contribution in [2.75, 3.05) is 0 Å². The average molecular weight is 656 g/mol. The molecule has 9 aromatic rings. The van der Waals surface area contributed by atoms with Crippen molar-refractivity contribution in [1.29, 1.82) is 0 Å². The van der Waals surface area contributed by atoms with E-state index in [4.69, 9.17) is 9.40 Å². The summed E-state index contributed by atoms with van der Waals surface area (Å²) in [7, 11) is 0. The molecule has 7 aromatic carbocycles. The lowest BCUT2D eigenvalue weighted by Crippen LogP contribution is -1.93. The van der Waals surface area contributed by atoms with Crippen LogP contribution in [0.1, 0.15) is 22.3 Å². The first-order valence-corrected chi connectivity index (χ1v) is 17.6. The Hall–Kier alpha value is -6.25. The summed E-state index contributed by atoms with van der Waals surface area (Å²) in [5, 5.41) is 3.31. The summed E-state index contributed by atoms with van der Waals surface area (Å²) in [6, 6.07) is 54.6. The Morgan fingerprint density at radius 2 is 0.882 bits per heavy atom. The van der Waals surface area contributed by atoms with E-state index in [1.165, 1.54) is 44.5 Å². The Labute approximate surface area is 298 Å². The Kier molecular flexibility index (Phi) is 7.40. The van der Waals surface area contributed by atoms with Gasteiger partial charge >= 0.3 is 0 Å². The number of para-hydroxylation sites is 2. The quantitative estimate of drug-likeness (QED) is 0.184. The molecule has 0 bridgehead atoms. The molecule has 9 rings (SSSR count). The van der Waals surface area contributed by atoms with E-state index in [2.05, 4.69) is 173 Å². The zero-order valence-electron chi connectivity index (χ0n) is 29.3. The van der Waals surface area contributed by atoms with Gasteiger partial charge in [0.2, 0.25) is 0 Å². The van der Waals surface area contributed by atoms with Gasteiger partial charge in [-0.25, -0.2) is 4.98 Å². The molecule has 2 nitrogen and oxygen atoms in total. The van der Waals surface area contributed by atoms with Gasteiger partial charge in [0.25, 0.3) is 0 Å². The van der Waals surface area contributed by atoms with Crippen molar-refractivity contribution in [2.24, 2.45) is 0 Å². The van der Waals surface area contributed by atoms with Crippen LogP contribution < -0.4 is 0 Å². The van der Waals surface area contributed by atoms with E-state index in [1.807, 2.05) is 6.07 Å². The maximum Gasteiger partial charge on any atom is 0.162 e. The summed E-state index contributed by atoms with van der Waals surface area (Å²) >= 11 is 0. The standard InChI is InChI=1S/C49H37NO/c1-30-13-5-7-15-39(30)43-28-34(23-21-32(43)3)36-25-37(35-24-22-33(4)44(29-35)40-16-8-6-14-31(40)2)27-38(26-36)48-49-47(41-17-9-11-19-45(41)50-48)42-18-10-12-20-46(42)51-49/h5-29H,1-4H3. The highest BCUT2D eigenvalue weighted by atomic mass is 16.3. The summed E-state index contributed by atoms with van der Waals surface area (Å²) in [6.07, 6.45) is 0. The molecule has 2 heteroatoms. The Bertz CT molecular complexity index is 2690. The molecular formula is C49H37NO. The first-order valence-electron chi connectivity index (χ1n) is 17.6. The molecule has 0 amide bonds. The number of pyridine rings is 1. The van der Waals surface area contributed by atoms with Crippen LogP contribution in [0.3, 0.4) is 0 Å². The molecule has 0 aliphatic heterocycles. The molecule has 0 radical (unpaired) electrons. The maximum atomic E-state index is 6.69. The van der Waals surface area contributed by atoms with Crippen molar-refractivity contribution in [3.05, 3.63) is 174 Å². The summed E-state index contributed by atoms with van der Waals surface area (Å²) < 4.78 is 6.69. The third-order valence-corrected chi connectivity index (χ3v) is 10.4. The molecule has 0 aliphatic rings. The highest BCUT2D eigenvalue weighted by Gasteiger charge is 2.20. The number of benzene rings is 7. The van der Waals surface area contributed by atoms with Crippen LogP contribution in [0.2, 0.25) is 0 Å². The highest BCUT2D eigenvalue weighted by Crippen LogP contribution is 2.42. The van der Waals surface area contributed by atoms with Gasteiger partial charge in [-0.3, -0.25) is 0 Å². The van der Waals surface area contributed by atoms with Crippen LogP contribution in [-0.4, -0.2) is 4.98 Å². The normalized spacial score (nSPS) is 11.5. The lowest BCUT2D eigenvalue weighted by Gasteiger charge is -2.16. The molecule has 51 heavy (non-hydrogen) atoms. The van der Waals surface area contributed by atoms with Crippen molar-refractivity contribution >= 4 is 32.8 Å². The molecule has 0 atom stereocenters. The lowest BCUT2D eigenvalue weighted by molar-refractivity contribution is 0.669. The number of furan rings is 1. The number of fused-ring (bicyclic) bond motifs is 5. The number of aromatic nitrogens is 1. The Balaban J connectivity index is 1.33. The van der Waals surface area contributed by atoms with Crippen molar-refractivity contribution in [3.63, 3.8) is 0 Å². The van der Waals surface area contributed by atoms with Crippen LogP contribution in [0.4, 0.5) is 0 Å². The summed E-state index contributed by atoms with van der Waals surface area (Å²) in [5.41, 5.74) is 19.2. The van der Waals surface area contributed by atoms with E-state index in [1.54, 1.807) is 0 Å². The Morgan fingerprint density at radius 1 is 0.392 bits per heavy atom. The maximum absolute atomic E-state index is 6.69. The first-order chi connectivity index (χ1) is 24.9. The molecule has 0 fully saturated rings. The number of hydrogen-bond donors (Lipinski definition) is 0. The van der Waals surface area contributed by atoms with Crippen molar-refractivity contribution in [3.8, 4) is 55.8 Å². The number of rotatable bonds is 5. The zero-order chi connectivity index (χ0) is 34.6. The third-order valence-electron chi connectivity index (χ3n) is 10.4. The second-order valence-electron chi connectivity index (χ2n) is 13.8. The van der Waals surface area contributed by atoms with Gasteiger partial charge in [-0.05, 0) is 137 Å². The molecule has 0 saturated heterocycles. The van der Waals surface area contributed by atoms with Gasteiger partial charge in [0, 0.05) is 21.7 Å². The fourth-order valence-corrected chi connectivity index (χ4v) is 7.66. The van der Waals surface area contributed by atoms with E-state index in [9.17, 15) is 0 Å². The van der Waals surface area contributed by atoms with Gasteiger partial charge in [0.05, 0.1) is 5.52 Å². The fraction of sp³-hybridized carbons (Fsp3) is 0.0816. The number of hydrogen-bond acceptors (Lipinski definition) is 2. The van der Waals surface area contributed by atoms with Crippen LogP contribution in [0.15, 0.2) is 156 Å². The zero-order valence-corrected chi connectivity index (χ0v) is 29.3. The van der Waals surface area contributed by atoms with Crippen LogP contribution in [0.5, 0.6) is 0 Å². The van der Waals surface area contributed by atoms with Crippen LogP contribution in [0.25, 0.3) is 88.6 Å². The predicted octanol–water partition coefficient (Wildman–Crippen LogP) is 13.7. The molecule has 0 spiro atoms. The van der Waals surface area contributed by atoms with Gasteiger partial charge < -0.3 is 4.42 Å². The van der Waals surface area contributed by atoms with Gasteiger partial charge in [-0.1, -0.05) is 109 Å². The number of nitrogens with zero attached hydrogens (tertiary/aromatic N) is 1. The summed E-state index contributed by atoms with van der Waals surface area (Å²) in [5.74, 6) is 0. The second-order valence-corrected chi connectivity index (χ2v) is 13.8. The van der Waals surface area contributed by atoms with E-state index < -0.39 is 0 Å². The minimum absolute atomic E-state index is 0.812. The number of aryl methyl sites for hydroxylation is 4. The minimum Gasteiger partial charge on any atom is -0.454 e. The molecular weight excluding hydrogens is 619 g/mol. The smallest absolute Gasteiger partial charge is 0.162 e. The lowest BCUT2D eigenvalue weighted by atomic mass is 9.89. The van der Waals surface area contributed by atoms with Gasteiger partial charge in [-0.2, -0.15) is 0 Å². The molecule has 2 aromatic heterocycles.